The molecule has 1 heterocycles. The average molecular weight is 643 g/mol. The van der Waals surface area contributed by atoms with E-state index in [0.29, 0.717) is 28.7 Å². The Balaban J connectivity index is 1.46. The Kier molecular flexibility index (Phi) is 10.4. The van der Waals surface area contributed by atoms with Gasteiger partial charge in [-0.05, 0) is 91.2 Å². The van der Waals surface area contributed by atoms with Gasteiger partial charge in [-0.25, -0.2) is 4.79 Å². The summed E-state index contributed by atoms with van der Waals surface area (Å²) in [5, 5.41) is 0. The van der Waals surface area contributed by atoms with Crippen LogP contribution in [0.4, 0.5) is 0 Å². The Morgan fingerprint density at radius 2 is 1.08 bits per heavy atom. The van der Waals surface area contributed by atoms with Gasteiger partial charge in [0.15, 0.2) is 18.3 Å². The van der Waals surface area contributed by atoms with Crippen molar-refractivity contribution in [2.24, 2.45) is 0 Å². The maximum Gasteiger partial charge on any atom is 0.335 e. The Morgan fingerprint density at radius 3 is 1.56 bits per heavy atom. The minimum absolute atomic E-state index is 0.178. The van der Waals surface area contributed by atoms with Gasteiger partial charge in [0.05, 0.1) is 0 Å². The van der Waals surface area contributed by atoms with Crippen LogP contribution in [0.3, 0.4) is 0 Å². The number of hydrogen-bond acceptors (Lipinski definition) is 7. The number of para-hydroxylation sites is 4. The van der Waals surface area contributed by atoms with Gasteiger partial charge in [-0.1, -0.05) is 79.4 Å². The van der Waals surface area contributed by atoms with Crippen LogP contribution in [-0.4, -0.2) is 37.0 Å². The summed E-state index contributed by atoms with van der Waals surface area (Å²) in [6, 6.07) is 42.3. The molecule has 5 aromatic carbocycles. The van der Waals surface area contributed by atoms with Gasteiger partial charge in [-0.2, -0.15) is 0 Å². The van der Waals surface area contributed by atoms with Crippen molar-refractivity contribution < 1.29 is 33.2 Å². The molecule has 5 atom stereocenters. The van der Waals surface area contributed by atoms with Gasteiger partial charge in [0.25, 0.3) is 0 Å². The Hall–Kier alpha value is -5.53. The van der Waals surface area contributed by atoms with Crippen molar-refractivity contribution in [2.75, 3.05) is 6.61 Å². The number of ether oxygens (including phenoxy) is 6. The van der Waals surface area contributed by atoms with E-state index in [1.807, 2.05) is 147 Å². The van der Waals surface area contributed by atoms with Crippen molar-refractivity contribution in [2.45, 2.75) is 44.4 Å². The summed E-state index contributed by atoms with van der Waals surface area (Å²) in [5.41, 5.74) is 2.36. The quantitative estimate of drug-likeness (QED) is 0.0771. The van der Waals surface area contributed by atoms with E-state index in [1.54, 1.807) is 0 Å². The third kappa shape index (κ3) is 7.88. The topological polar surface area (TPSA) is 72.5 Å². The van der Waals surface area contributed by atoms with Crippen molar-refractivity contribution in [3.8, 4) is 28.7 Å². The molecule has 0 aliphatic carbocycles. The number of aryl methyl sites for hydroxylation is 2. The molecule has 1 saturated heterocycles. The average Bonchev–Trinajstić information content (AvgIpc) is 3.12. The van der Waals surface area contributed by atoms with E-state index in [0.717, 1.165) is 22.8 Å². The first-order valence-electron chi connectivity index (χ1n) is 15.9. The first-order valence-corrected chi connectivity index (χ1v) is 15.9. The number of esters is 1. The molecule has 1 aliphatic heterocycles. The molecule has 1 fully saturated rings. The monoisotopic (exact) mass is 642 g/mol. The first kappa shape index (κ1) is 32.4. The van der Waals surface area contributed by atoms with Crippen molar-refractivity contribution in [1.82, 2.24) is 0 Å². The lowest BCUT2D eigenvalue weighted by Crippen LogP contribution is -2.62. The predicted molar refractivity (Wildman–Crippen MR) is 184 cm³/mol. The third-order valence-corrected chi connectivity index (χ3v) is 8.02. The zero-order valence-corrected chi connectivity index (χ0v) is 26.9. The van der Waals surface area contributed by atoms with Gasteiger partial charge < -0.3 is 28.4 Å². The minimum atomic E-state index is -0.685. The minimum Gasteiger partial charge on any atom is -0.491 e. The maximum atomic E-state index is 12.1. The molecule has 7 heteroatoms. The van der Waals surface area contributed by atoms with E-state index in [-0.39, 0.29) is 6.61 Å². The van der Waals surface area contributed by atoms with E-state index < -0.39 is 36.5 Å². The summed E-state index contributed by atoms with van der Waals surface area (Å²) in [7, 11) is 0. The second-order valence-corrected chi connectivity index (χ2v) is 11.5. The van der Waals surface area contributed by atoms with E-state index in [2.05, 4.69) is 6.58 Å². The van der Waals surface area contributed by atoms with Gasteiger partial charge in [0, 0.05) is 6.08 Å². The predicted octanol–water partition coefficient (Wildman–Crippen LogP) is 8.26. The van der Waals surface area contributed by atoms with Gasteiger partial charge in [-0.15, -0.1) is 0 Å². The van der Waals surface area contributed by atoms with Gasteiger partial charge in [0.2, 0.25) is 0 Å². The lowest BCUT2D eigenvalue weighted by Gasteiger charge is -2.46. The van der Waals surface area contributed by atoms with Crippen LogP contribution in [0.5, 0.6) is 28.7 Å². The van der Waals surface area contributed by atoms with Crippen LogP contribution >= 0.6 is 0 Å². The third-order valence-electron chi connectivity index (χ3n) is 8.02. The van der Waals surface area contributed by atoms with E-state index >= 15 is 0 Å². The lowest BCUT2D eigenvalue weighted by atomic mass is 9.89. The molecule has 0 spiro atoms. The first-order chi connectivity index (χ1) is 23.5. The Bertz CT molecular complexity index is 1750. The van der Waals surface area contributed by atoms with Gasteiger partial charge >= 0.3 is 5.97 Å². The van der Waals surface area contributed by atoms with Crippen LogP contribution in [0.2, 0.25) is 0 Å². The smallest absolute Gasteiger partial charge is 0.335 e. The van der Waals surface area contributed by atoms with Crippen molar-refractivity contribution in [3.05, 3.63) is 163 Å². The molecular weight excluding hydrogens is 604 g/mol. The highest BCUT2D eigenvalue weighted by Gasteiger charge is 2.51. The van der Waals surface area contributed by atoms with Crippen LogP contribution in [0.1, 0.15) is 22.8 Å². The van der Waals surface area contributed by atoms with Crippen LogP contribution in [0.15, 0.2) is 146 Å². The molecule has 0 amide bonds. The van der Waals surface area contributed by atoms with Crippen LogP contribution in [0, 0.1) is 13.8 Å². The molecule has 6 rings (SSSR count). The van der Waals surface area contributed by atoms with Crippen LogP contribution < -0.4 is 23.7 Å². The zero-order chi connectivity index (χ0) is 33.3. The SMILES string of the molecule is C=CC(=O)Oc1c(C)cc([C@H]2O[C@H](COc3ccccc3)[C@@H](Oc3ccccc3)[C@H](Oc3ccccc3)[C@@H]2Oc2ccccc2)cc1C. The van der Waals surface area contributed by atoms with E-state index in [1.165, 1.54) is 0 Å². The van der Waals surface area contributed by atoms with Crippen LogP contribution in [0.25, 0.3) is 0 Å². The number of benzene rings is 5. The summed E-state index contributed by atoms with van der Waals surface area (Å²) in [6.07, 6.45) is -2.10. The lowest BCUT2D eigenvalue weighted by molar-refractivity contribution is -0.210. The number of rotatable bonds is 12. The highest BCUT2D eigenvalue weighted by Crippen LogP contribution is 2.41. The van der Waals surface area contributed by atoms with Crippen molar-refractivity contribution in [1.29, 1.82) is 0 Å². The molecule has 48 heavy (non-hydrogen) atoms. The molecule has 1 aliphatic rings. The molecule has 0 N–H and O–H groups in total. The fraction of sp³-hybridized carbons (Fsp3) is 0.195. The van der Waals surface area contributed by atoms with Crippen molar-refractivity contribution >= 4 is 5.97 Å². The summed E-state index contributed by atoms with van der Waals surface area (Å²) >= 11 is 0. The maximum absolute atomic E-state index is 12.1. The summed E-state index contributed by atoms with van der Waals surface area (Å²) in [6.45, 7) is 7.51. The highest BCUT2D eigenvalue weighted by atomic mass is 16.6. The van der Waals surface area contributed by atoms with Gasteiger partial charge in [0.1, 0.15) is 47.6 Å². The second-order valence-electron chi connectivity index (χ2n) is 11.5. The summed E-state index contributed by atoms with van der Waals surface area (Å²) < 4.78 is 39.3. The highest BCUT2D eigenvalue weighted by molar-refractivity contribution is 5.83. The van der Waals surface area contributed by atoms with E-state index in [4.69, 9.17) is 28.4 Å². The van der Waals surface area contributed by atoms with Gasteiger partial charge in [-0.3, -0.25) is 0 Å². The Labute approximate surface area is 281 Å². The molecule has 7 nitrogen and oxygen atoms in total. The second kappa shape index (κ2) is 15.4. The molecule has 0 bridgehead atoms. The van der Waals surface area contributed by atoms with Crippen LogP contribution in [-0.2, 0) is 9.53 Å². The molecular formula is C41H38O7. The summed E-state index contributed by atoms with van der Waals surface area (Å²) in [4.78, 5) is 12.1. The molecule has 244 valence electrons. The zero-order valence-electron chi connectivity index (χ0n) is 26.9. The number of carbonyl (C=O) groups excluding carboxylic acids is 1. The Morgan fingerprint density at radius 1 is 0.646 bits per heavy atom. The standard InChI is InChI=1S/C41H38O7/c1-4-36(42)48-37-28(2)25-30(26-29(37)3)38-40(45-33-21-13-7-14-22-33)41(46-34-23-15-8-16-24-34)39(44-32-19-11-6-12-20-32)35(47-38)27-43-31-17-9-5-10-18-31/h4-26,35,38-41H,1,27H2,2-3H3/t35-,38-,39-,40-,41+/m1/s1. The fourth-order valence-electron chi connectivity index (χ4n) is 5.84. The fourth-order valence-corrected chi connectivity index (χ4v) is 5.84. The number of carbonyl (C=O) groups is 1. The summed E-state index contributed by atoms with van der Waals surface area (Å²) in [5.74, 6) is 2.64. The normalized spacial score (nSPS) is 20.2. The molecule has 0 saturated carbocycles. The van der Waals surface area contributed by atoms with Crippen molar-refractivity contribution in [3.63, 3.8) is 0 Å². The molecule has 0 unspecified atom stereocenters. The number of hydrogen-bond donors (Lipinski definition) is 0. The van der Waals surface area contributed by atoms with E-state index in [9.17, 15) is 4.79 Å². The molecule has 5 aromatic rings. The molecule has 0 radical (unpaired) electrons. The molecule has 0 aromatic heterocycles. The largest absolute Gasteiger partial charge is 0.491 e.